The first-order valence-corrected chi connectivity index (χ1v) is 44.2. The molecule has 15 aromatic rings. The molecule has 749 valence electrons. The third-order valence-corrected chi connectivity index (χ3v) is 19.1. The number of aromatic nitrogens is 10. The Morgan fingerprint density at radius 2 is 0.568 bits per heavy atom. The van der Waals surface area contributed by atoms with Crippen LogP contribution in [0.25, 0.3) is 112 Å². The molecule has 0 saturated carbocycles. The summed E-state index contributed by atoms with van der Waals surface area (Å²) in [5.41, 5.74) is 22.3. The van der Waals surface area contributed by atoms with Crippen LogP contribution in [0, 0.1) is 65.0 Å². The topological polar surface area (TPSA) is 331 Å². The number of rotatable bonds is 20. The normalized spacial score (nSPS) is 12.3. The van der Waals surface area contributed by atoms with E-state index in [4.69, 9.17) is 51.1 Å². The van der Waals surface area contributed by atoms with Crippen LogP contribution in [-0.2, 0) is 107 Å². The largest absolute Gasteiger partial charge is 0.393 e. The third kappa shape index (κ3) is 49.0. The average molecular weight is 2780 g/mol. The number of nitrogens with zero attached hydrogens (tertiary/aromatic N) is 10. The van der Waals surface area contributed by atoms with E-state index in [9.17, 15) is 13.2 Å². The molecule has 0 aliphatic carbocycles. The van der Waals surface area contributed by atoms with Crippen molar-refractivity contribution in [1.29, 1.82) is 0 Å². The van der Waals surface area contributed by atoms with Crippen molar-refractivity contribution in [3.05, 3.63) is 362 Å². The van der Waals surface area contributed by atoms with Crippen LogP contribution < -0.4 is 0 Å². The standard InChI is InChI=1S/C22H15N2.C18H12F3N2.2C17H13N2.C12H11N2.5C5H12O2.5Ir/c1-4-10-17(11-5-1)20-21(18-12-6-2-7-13-18)23-16-24-22(20)19-14-8-3-9-15-19;1-12-2-4-13(5-3-12)16-10-17(23-11-22-16)14-6-8-15(9-7-14)18(19,20)21;1-13-16(14-8-4-2-5-9-14)18-12-19-17(13)15-10-6-3-7-11-15;1-13-18-16(14-8-4-2-5-9-14)12-17(19-13)15-10-6-3-7-11-15;1-9-10(2)13-8-14-12(9)11-6-4-3-5-7-11;5*1-4(6)3-5(2)7;;;;;/h1-14,16H;2-6,8-11H,1H3;2*2-10,12H,1H3;3-6,8H,1-2H3;5*4-7H,3H2,1-2H3;;;;;/q5*-1;;;;;;;;;;. The molecule has 10 N–H and O–H groups in total. The minimum Gasteiger partial charge on any atom is -0.393 e. The van der Waals surface area contributed by atoms with Crippen LogP contribution >= 0.6 is 0 Å². The average Bonchev–Trinajstić information content (AvgIpc) is 0.780. The van der Waals surface area contributed by atoms with Crippen LogP contribution in [0.1, 0.15) is 135 Å². The Bertz CT molecular complexity index is 5480. The third-order valence-electron chi connectivity index (χ3n) is 19.1. The van der Waals surface area contributed by atoms with E-state index in [-0.39, 0.29) is 162 Å². The van der Waals surface area contributed by atoms with Crippen LogP contribution in [0.4, 0.5) is 13.2 Å². The Morgan fingerprint density at radius 1 is 0.266 bits per heavy atom. The molecule has 10 aromatic carbocycles. The van der Waals surface area contributed by atoms with Crippen LogP contribution in [0.5, 0.6) is 0 Å². The van der Waals surface area contributed by atoms with Gasteiger partial charge in [0.1, 0.15) is 31.1 Å². The first-order chi connectivity index (χ1) is 64.0. The van der Waals surface area contributed by atoms with Gasteiger partial charge in [-0.15, -0.1) is 173 Å². The first-order valence-electron chi connectivity index (χ1n) is 44.2. The quantitative estimate of drug-likeness (QED) is 0.0317. The molecule has 5 heterocycles. The second-order valence-corrected chi connectivity index (χ2v) is 32.1. The molecule has 0 aliphatic rings. The number of benzene rings is 10. The molecule has 10 unspecified atom stereocenters. The zero-order valence-corrected chi connectivity index (χ0v) is 92.3. The summed E-state index contributed by atoms with van der Waals surface area (Å²) in [5.74, 6) is 0.772. The maximum absolute atomic E-state index is 12.6. The maximum atomic E-state index is 12.6. The Labute approximate surface area is 885 Å². The zero-order valence-electron chi connectivity index (χ0n) is 80.3. The van der Waals surface area contributed by atoms with Gasteiger partial charge >= 0.3 is 6.18 Å². The van der Waals surface area contributed by atoms with E-state index in [1.54, 1.807) is 94.3 Å². The van der Waals surface area contributed by atoms with Gasteiger partial charge in [-0.25, -0.2) is 24.9 Å². The summed E-state index contributed by atoms with van der Waals surface area (Å²) in [5, 5.41) is 85.6. The van der Waals surface area contributed by atoms with Gasteiger partial charge in [0.15, 0.2) is 0 Å². The molecule has 0 saturated heterocycles. The first kappa shape index (κ1) is 127. The van der Waals surface area contributed by atoms with Crippen molar-refractivity contribution in [2.24, 2.45) is 0 Å². The fraction of sp³-hybridized carbons (Fsp3) is 0.279. The monoisotopic (exact) mass is 2780 g/mol. The molecule has 0 fully saturated rings. The summed E-state index contributed by atoms with van der Waals surface area (Å²) < 4.78 is 37.8. The second-order valence-electron chi connectivity index (χ2n) is 32.1. The van der Waals surface area contributed by atoms with E-state index in [0.29, 0.717) is 49.1 Å². The minimum atomic E-state index is -4.37. The molecular formula is C111H124F3Ir5N10O10-5. The number of hydrogen-bond acceptors (Lipinski definition) is 20. The van der Waals surface area contributed by atoms with E-state index in [0.717, 1.165) is 136 Å². The van der Waals surface area contributed by atoms with Crippen molar-refractivity contribution in [3.63, 3.8) is 0 Å². The molecule has 139 heavy (non-hydrogen) atoms. The Morgan fingerprint density at radius 3 is 0.942 bits per heavy atom. The molecule has 0 bridgehead atoms. The molecule has 5 aromatic heterocycles. The van der Waals surface area contributed by atoms with Gasteiger partial charge in [-0.1, -0.05) is 163 Å². The SMILES string of the molecule is CC(O)CC(C)O.CC(O)CC(C)O.CC(O)CC(C)O.CC(O)CC(C)O.CC(O)CC(C)O.Cc1c(-c2[c-]cccc2)ncnc1-c1ccccc1.Cc1ccc(-c2cc(-c3[c-]cc(C(F)(F)F)cc3)ncn2)cc1.Cc1nc(-c2[c-]cccc2)cc(-c2ccccc2)n1.Cc1ncnc(-c2[c-]cccc2)c1C.[Ir].[Ir].[Ir].[Ir].[Ir].[c-]1ccccc1-c1ncnc(-c2ccccc2)c1-c1ccccc1. The Balaban J connectivity index is 0.000000798. The summed E-state index contributed by atoms with van der Waals surface area (Å²) in [6.45, 7) is 26.6. The van der Waals surface area contributed by atoms with Crippen LogP contribution in [-0.4, -0.2) is 162 Å². The van der Waals surface area contributed by atoms with E-state index in [1.165, 1.54) is 12.4 Å². The second kappa shape index (κ2) is 69.2. The van der Waals surface area contributed by atoms with Gasteiger partial charge in [-0.05, 0) is 209 Å². The number of hydrogen-bond donors (Lipinski definition) is 10. The molecule has 0 spiro atoms. The molecular weight excluding hydrogens is 2650 g/mol. The summed E-state index contributed by atoms with van der Waals surface area (Å²) in [7, 11) is 0. The molecule has 0 amide bonds. The Hall–Kier alpha value is -9.76. The smallest absolute Gasteiger partial charge is 0.381 e. The van der Waals surface area contributed by atoms with Crippen molar-refractivity contribution in [3.8, 4) is 112 Å². The molecule has 0 aliphatic heterocycles. The van der Waals surface area contributed by atoms with Gasteiger partial charge < -0.3 is 51.1 Å². The van der Waals surface area contributed by atoms with Crippen molar-refractivity contribution < 1.29 is 165 Å². The number of alkyl halides is 3. The Kier molecular flexibility index (Phi) is 63.3. The van der Waals surface area contributed by atoms with Gasteiger partial charge in [0.2, 0.25) is 0 Å². The van der Waals surface area contributed by atoms with Crippen LogP contribution in [0.2, 0.25) is 0 Å². The van der Waals surface area contributed by atoms with Gasteiger partial charge in [-0.3, -0.25) is 24.9 Å². The predicted octanol–water partition coefficient (Wildman–Crippen LogP) is 21.3. The predicted molar refractivity (Wildman–Crippen MR) is 527 cm³/mol. The number of aryl methyl sites for hydroxylation is 3. The van der Waals surface area contributed by atoms with Crippen LogP contribution in [0.3, 0.4) is 0 Å². The van der Waals surface area contributed by atoms with Gasteiger partial charge in [0, 0.05) is 112 Å². The molecule has 5 radical (unpaired) electrons. The fourth-order valence-corrected chi connectivity index (χ4v) is 13.0. The zero-order chi connectivity index (χ0) is 98.1. The fourth-order valence-electron chi connectivity index (χ4n) is 13.0. The number of aliphatic hydroxyl groups excluding tert-OH is 10. The molecule has 28 heteroatoms. The molecule has 20 nitrogen and oxygen atoms in total. The van der Waals surface area contributed by atoms with Crippen molar-refractivity contribution in [2.75, 3.05) is 0 Å². The summed E-state index contributed by atoms with van der Waals surface area (Å²) in [6.07, 6.45) is 0.485. The van der Waals surface area contributed by atoms with E-state index in [2.05, 4.69) is 136 Å². The summed E-state index contributed by atoms with van der Waals surface area (Å²) >= 11 is 0. The van der Waals surface area contributed by atoms with Gasteiger partial charge in [-0.2, -0.15) is 13.2 Å². The summed E-state index contributed by atoms with van der Waals surface area (Å²) in [6, 6.07) is 103. The molecule has 15 rings (SSSR count). The maximum Gasteiger partial charge on any atom is 0.381 e. The van der Waals surface area contributed by atoms with Crippen molar-refractivity contribution in [1.82, 2.24) is 49.8 Å². The minimum absolute atomic E-state index is 0. The van der Waals surface area contributed by atoms with E-state index < -0.39 is 11.7 Å². The van der Waals surface area contributed by atoms with Crippen molar-refractivity contribution in [2.45, 2.75) is 203 Å². The van der Waals surface area contributed by atoms with Gasteiger partial charge in [0.25, 0.3) is 0 Å². The van der Waals surface area contributed by atoms with Crippen LogP contribution in [0.15, 0.2) is 298 Å². The number of aliphatic hydroxyl groups is 10. The van der Waals surface area contributed by atoms with E-state index in [1.807, 2.05) is 228 Å². The van der Waals surface area contributed by atoms with Gasteiger partial charge in [0.05, 0.1) is 83.8 Å². The summed E-state index contributed by atoms with van der Waals surface area (Å²) in [4.78, 5) is 43.7. The number of halogens is 3. The molecule has 10 atom stereocenters. The van der Waals surface area contributed by atoms with E-state index >= 15 is 0 Å². The van der Waals surface area contributed by atoms with Crippen molar-refractivity contribution >= 4 is 0 Å².